The van der Waals surface area contributed by atoms with Crippen LogP contribution in [0.25, 0.3) is 0 Å². The first-order chi connectivity index (χ1) is 9.74. The minimum atomic E-state index is -0.126. The summed E-state index contributed by atoms with van der Waals surface area (Å²) >= 11 is 0. The van der Waals surface area contributed by atoms with Crippen molar-refractivity contribution in [3.8, 4) is 0 Å². The Labute approximate surface area is 119 Å². The number of nitrogens with zero attached hydrogens (tertiary/aromatic N) is 1. The number of aryl methyl sites for hydroxylation is 1. The van der Waals surface area contributed by atoms with Gasteiger partial charge in [0.1, 0.15) is 0 Å². The third-order valence-electron chi connectivity index (χ3n) is 3.69. The van der Waals surface area contributed by atoms with Crippen molar-refractivity contribution in [2.45, 2.75) is 19.4 Å². The lowest BCUT2D eigenvalue weighted by atomic mass is 10.1. The molecule has 0 saturated carbocycles. The van der Waals surface area contributed by atoms with Crippen LogP contribution in [0.15, 0.2) is 54.6 Å². The molecule has 0 aromatic heterocycles. The number of benzene rings is 2. The van der Waals surface area contributed by atoms with Crippen LogP contribution in [0.2, 0.25) is 0 Å². The van der Waals surface area contributed by atoms with Crippen molar-refractivity contribution in [1.29, 1.82) is 0 Å². The molecule has 2 aromatic carbocycles. The third kappa shape index (κ3) is 2.58. The summed E-state index contributed by atoms with van der Waals surface area (Å²) < 4.78 is 0. The first-order valence-electron chi connectivity index (χ1n) is 6.89. The highest BCUT2D eigenvalue weighted by Crippen LogP contribution is 2.20. The van der Waals surface area contributed by atoms with Crippen molar-refractivity contribution in [3.63, 3.8) is 0 Å². The van der Waals surface area contributed by atoms with Crippen LogP contribution in [0.3, 0.4) is 0 Å². The van der Waals surface area contributed by atoms with E-state index in [1.54, 1.807) is 0 Å². The van der Waals surface area contributed by atoms with E-state index < -0.39 is 0 Å². The lowest BCUT2D eigenvalue weighted by Gasteiger charge is -2.15. The van der Waals surface area contributed by atoms with Crippen molar-refractivity contribution in [2.24, 2.45) is 0 Å². The second-order valence-electron chi connectivity index (χ2n) is 5.21. The van der Waals surface area contributed by atoms with Gasteiger partial charge in [-0.1, -0.05) is 48.0 Å². The zero-order valence-electron chi connectivity index (χ0n) is 11.5. The molecule has 1 aliphatic rings. The van der Waals surface area contributed by atoms with E-state index >= 15 is 0 Å². The van der Waals surface area contributed by atoms with Gasteiger partial charge in [0.25, 0.3) is 0 Å². The summed E-state index contributed by atoms with van der Waals surface area (Å²) in [6, 6.07) is 18.1. The largest absolute Gasteiger partial charge is 0.298 e. The fourth-order valence-electron chi connectivity index (χ4n) is 2.51. The Morgan fingerprint density at radius 3 is 2.50 bits per heavy atom. The molecule has 1 aliphatic heterocycles. The molecule has 0 aliphatic carbocycles. The molecule has 3 nitrogen and oxygen atoms in total. The molecule has 1 fully saturated rings. The highest BCUT2D eigenvalue weighted by molar-refractivity contribution is 5.99. The zero-order valence-corrected chi connectivity index (χ0v) is 11.5. The van der Waals surface area contributed by atoms with E-state index in [9.17, 15) is 4.79 Å². The van der Waals surface area contributed by atoms with Gasteiger partial charge in [0.2, 0.25) is 5.91 Å². The topological polar surface area (TPSA) is 32.3 Å². The summed E-state index contributed by atoms with van der Waals surface area (Å²) in [5, 5.41) is 3.29. The highest BCUT2D eigenvalue weighted by Gasteiger charge is 2.31. The Morgan fingerprint density at radius 2 is 1.80 bits per heavy atom. The summed E-state index contributed by atoms with van der Waals surface area (Å²) in [7, 11) is 0. The Balaban J connectivity index is 1.72. The fraction of sp³-hybridized carbons (Fsp3) is 0.235. The number of amides is 1. The Morgan fingerprint density at radius 1 is 1.10 bits per heavy atom. The van der Waals surface area contributed by atoms with Crippen LogP contribution < -0.4 is 10.2 Å². The van der Waals surface area contributed by atoms with Crippen LogP contribution in [0.1, 0.15) is 11.1 Å². The predicted octanol–water partition coefficient (Wildman–Crippen LogP) is 2.50. The molecular formula is C17H18N2O. The van der Waals surface area contributed by atoms with Crippen LogP contribution in [-0.4, -0.2) is 18.6 Å². The van der Waals surface area contributed by atoms with Gasteiger partial charge in [0.05, 0.1) is 12.7 Å². The van der Waals surface area contributed by atoms with Gasteiger partial charge in [-0.05, 0) is 31.0 Å². The second-order valence-corrected chi connectivity index (χ2v) is 5.21. The van der Waals surface area contributed by atoms with Crippen molar-refractivity contribution in [3.05, 3.63) is 65.7 Å². The maximum Gasteiger partial charge on any atom is 0.245 e. The first kappa shape index (κ1) is 12.9. The van der Waals surface area contributed by atoms with Gasteiger partial charge in [-0.2, -0.15) is 0 Å². The van der Waals surface area contributed by atoms with Crippen LogP contribution in [0.5, 0.6) is 0 Å². The van der Waals surface area contributed by atoms with Gasteiger partial charge in [-0.3, -0.25) is 15.0 Å². The van der Waals surface area contributed by atoms with E-state index in [0.717, 1.165) is 12.1 Å². The summed E-state index contributed by atoms with van der Waals surface area (Å²) in [6.07, 6.45) is 0.738. The molecule has 1 amide bonds. The average Bonchev–Trinajstić information content (AvgIpc) is 2.83. The van der Waals surface area contributed by atoms with Crippen LogP contribution >= 0.6 is 0 Å². The van der Waals surface area contributed by atoms with Gasteiger partial charge in [-0.15, -0.1) is 0 Å². The van der Waals surface area contributed by atoms with Crippen LogP contribution in [-0.2, 0) is 11.2 Å². The van der Waals surface area contributed by atoms with Gasteiger partial charge < -0.3 is 0 Å². The molecule has 1 heterocycles. The molecule has 2 aromatic rings. The third-order valence-corrected chi connectivity index (χ3v) is 3.69. The lowest BCUT2D eigenvalue weighted by Crippen LogP contribution is -2.32. The fourth-order valence-corrected chi connectivity index (χ4v) is 2.51. The number of hydrogen-bond acceptors (Lipinski definition) is 2. The molecule has 1 N–H and O–H groups in total. The first-order valence-corrected chi connectivity index (χ1v) is 6.89. The normalized spacial score (nSPS) is 18.6. The Bertz CT molecular complexity index is 592. The maximum atomic E-state index is 12.5. The molecule has 1 saturated heterocycles. The molecule has 3 heteroatoms. The number of rotatable bonds is 3. The Kier molecular flexibility index (Phi) is 3.52. The number of carbonyl (C=O) groups excluding carboxylic acids is 1. The van der Waals surface area contributed by atoms with Gasteiger partial charge in [-0.25, -0.2) is 0 Å². The molecule has 0 bridgehead atoms. The van der Waals surface area contributed by atoms with E-state index in [0.29, 0.717) is 6.67 Å². The standard InChI is InChI=1S/C17H18N2O/c1-13-7-9-15(10-8-13)19-12-18-16(17(19)20)11-14-5-3-2-4-6-14/h2-10,16,18H,11-12H2,1H3/t16-/m0/s1. The molecule has 0 spiro atoms. The SMILES string of the molecule is Cc1ccc(N2CN[C@@H](Cc3ccccc3)C2=O)cc1. The van der Waals surface area contributed by atoms with E-state index in [4.69, 9.17) is 0 Å². The number of nitrogens with one attached hydrogen (secondary N) is 1. The number of hydrogen-bond donors (Lipinski definition) is 1. The van der Waals surface area contributed by atoms with Gasteiger partial charge in [0, 0.05) is 5.69 Å². The van der Waals surface area contributed by atoms with Crippen molar-refractivity contribution in [1.82, 2.24) is 5.32 Å². The average molecular weight is 266 g/mol. The van der Waals surface area contributed by atoms with E-state index in [2.05, 4.69) is 17.4 Å². The lowest BCUT2D eigenvalue weighted by molar-refractivity contribution is -0.118. The summed E-state index contributed by atoms with van der Waals surface area (Å²) in [5.74, 6) is 0.151. The van der Waals surface area contributed by atoms with E-state index in [1.165, 1.54) is 11.1 Å². The molecule has 3 rings (SSSR count). The second kappa shape index (κ2) is 5.47. The Hall–Kier alpha value is -2.13. The van der Waals surface area contributed by atoms with Crippen LogP contribution in [0, 0.1) is 6.92 Å². The van der Waals surface area contributed by atoms with Crippen molar-refractivity contribution >= 4 is 11.6 Å². The van der Waals surface area contributed by atoms with E-state index in [-0.39, 0.29) is 11.9 Å². The minimum absolute atomic E-state index is 0.126. The van der Waals surface area contributed by atoms with E-state index in [1.807, 2.05) is 54.3 Å². The number of anilines is 1. The van der Waals surface area contributed by atoms with Crippen molar-refractivity contribution in [2.75, 3.05) is 11.6 Å². The van der Waals surface area contributed by atoms with Crippen LogP contribution in [0.4, 0.5) is 5.69 Å². The maximum absolute atomic E-state index is 12.5. The summed E-state index contributed by atoms with van der Waals surface area (Å²) in [4.78, 5) is 14.3. The highest BCUT2D eigenvalue weighted by atomic mass is 16.2. The van der Waals surface area contributed by atoms with Crippen molar-refractivity contribution < 1.29 is 4.79 Å². The summed E-state index contributed by atoms with van der Waals surface area (Å²) in [5.41, 5.74) is 3.35. The number of carbonyl (C=O) groups is 1. The smallest absolute Gasteiger partial charge is 0.245 e. The molecule has 102 valence electrons. The monoisotopic (exact) mass is 266 g/mol. The predicted molar refractivity (Wildman–Crippen MR) is 80.6 cm³/mol. The summed E-state index contributed by atoms with van der Waals surface area (Å²) in [6.45, 7) is 2.63. The quantitative estimate of drug-likeness (QED) is 0.925. The van der Waals surface area contributed by atoms with Gasteiger partial charge in [0.15, 0.2) is 0 Å². The molecule has 0 unspecified atom stereocenters. The molecular weight excluding hydrogens is 248 g/mol. The minimum Gasteiger partial charge on any atom is -0.298 e. The molecule has 1 atom stereocenters. The molecule has 20 heavy (non-hydrogen) atoms. The van der Waals surface area contributed by atoms with Gasteiger partial charge >= 0.3 is 0 Å². The molecule has 0 radical (unpaired) electrons. The zero-order chi connectivity index (χ0) is 13.9.